The summed E-state index contributed by atoms with van der Waals surface area (Å²) >= 11 is 3.39. The number of hydrogen-bond donors (Lipinski definition) is 0. The molecule has 1 aliphatic heterocycles. The summed E-state index contributed by atoms with van der Waals surface area (Å²) in [6, 6.07) is 10.8. The monoisotopic (exact) mass is 417 g/mol. The van der Waals surface area contributed by atoms with E-state index in [0.717, 1.165) is 4.47 Å². The number of carbonyl (C=O) groups excluding carboxylic acids is 1. The number of hydrogen-bond acceptors (Lipinski definition) is 6. The molecule has 0 amide bonds. The highest BCUT2D eigenvalue weighted by Gasteiger charge is 2.25. The number of cyclic esters (lactones) is 1. The second kappa shape index (κ2) is 7.61. The van der Waals surface area contributed by atoms with E-state index in [1.807, 2.05) is 24.3 Å². The van der Waals surface area contributed by atoms with Crippen molar-refractivity contribution in [2.45, 2.75) is 0 Å². The van der Waals surface area contributed by atoms with Crippen LogP contribution in [0.25, 0.3) is 6.08 Å². The van der Waals surface area contributed by atoms with Crippen molar-refractivity contribution in [3.63, 3.8) is 0 Å². The molecule has 0 N–H and O–H groups in total. The number of benzene rings is 2. The molecule has 2 aromatic rings. The first kappa shape index (κ1) is 18.0. The Kier molecular flexibility index (Phi) is 5.27. The van der Waals surface area contributed by atoms with Crippen molar-refractivity contribution >= 4 is 33.9 Å². The highest BCUT2D eigenvalue weighted by atomic mass is 79.9. The van der Waals surface area contributed by atoms with E-state index in [1.54, 1.807) is 25.3 Å². The Morgan fingerprint density at radius 1 is 1.00 bits per heavy atom. The van der Waals surface area contributed by atoms with Gasteiger partial charge in [-0.1, -0.05) is 22.0 Å². The van der Waals surface area contributed by atoms with E-state index in [-0.39, 0.29) is 11.6 Å². The molecule has 26 heavy (non-hydrogen) atoms. The third-order valence-corrected chi connectivity index (χ3v) is 4.21. The maximum atomic E-state index is 12.2. The van der Waals surface area contributed by atoms with Gasteiger partial charge < -0.3 is 18.9 Å². The van der Waals surface area contributed by atoms with Gasteiger partial charge in [0.05, 0.1) is 21.3 Å². The van der Waals surface area contributed by atoms with Gasteiger partial charge in [0, 0.05) is 21.7 Å². The summed E-state index contributed by atoms with van der Waals surface area (Å²) in [7, 11) is 4.61. The van der Waals surface area contributed by atoms with Gasteiger partial charge in [0.15, 0.2) is 17.2 Å². The van der Waals surface area contributed by atoms with Crippen molar-refractivity contribution in [1.29, 1.82) is 0 Å². The van der Waals surface area contributed by atoms with Crippen LogP contribution >= 0.6 is 15.9 Å². The lowest BCUT2D eigenvalue weighted by atomic mass is 10.1. The van der Waals surface area contributed by atoms with Crippen molar-refractivity contribution < 1.29 is 23.7 Å². The molecule has 0 fully saturated rings. The molecule has 0 unspecified atom stereocenters. The molecule has 0 spiro atoms. The van der Waals surface area contributed by atoms with Gasteiger partial charge in [0.2, 0.25) is 5.90 Å². The SMILES string of the molecule is COc1cc(OC)c(OC)cc1/C=C1\N=C(c2cccc(Br)c2)OC1=O. The molecule has 0 saturated carbocycles. The topological polar surface area (TPSA) is 66.3 Å². The van der Waals surface area contributed by atoms with Crippen LogP contribution in [0, 0.1) is 0 Å². The Labute approximate surface area is 159 Å². The van der Waals surface area contributed by atoms with Crippen LogP contribution in [-0.2, 0) is 9.53 Å². The molecule has 7 heteroatoms. The Morgan fingerprint density at radius 2 is 1.69 bits per heavy atom. The third-order valence-electron chi connectivity index (χ3n) is 3.72. The summed E-state index contributed by atoms with van der Waals surface area (Å²) in [6.07, 6.45) is 1.59. The lowest BCUT2D eigenvalue weighted by Crippen LogP contribution is -2.05. The van der Waals surface area contributed by atoms with Gasteiger partial charge in [0.1, 0.15) is 5.75 Å². The Bertz CT molecular complexity index is 920. The summed E-state index contributed by atoms with van der Waals surface area (Å²) < 4.78 is 22.1. The van der Waals surface area contributed by atoms with Crippen molar-refractivity contribution in [3.05, 3.63) is 57.7 Å². The minimum Gasteiger partial charge on any atom is -0.496 e. The molecule has 3 rings (SSSR count). The van der Waals surface area contributed by atoms with Crippen molar-refractivity contribution in [3.8, 4) is 17.2 Å². The van der Waals surface area contributed by atoms with Gasteiger partial charge in [-0.15, -0.1) is 0 Å². The Balaban J connectivity index is 2.03. The number of ether oxygens (including phenoxy) is 4. The van der Waals surface area contributed by atoms with E-state index in [4.69, 9.17) is 18.9 Å². The molecular formula is C19H16BrNO5. The maximum Gasteiger partial charge on any atom is 0.363 e. The zero-order valence-corrected chi connectivity index (χ0v) is 16.0. The fraction of sp³-hybridized carbons (Fsp3) is 0.158. The minimum absolute atomic E-state index is 0.172. The molecule has 1 heterocycles. The molecule has 6 nitrogen and oxygen atoms in total. The molecule has 0 radical (unpaired) electrons. The number of aliphatic imine (C=N–C) groups is 1. The third kappa shape index (κ3) is 3.57. The minimum atomic E-state index is -0.531. The van der Waals surface area contributed by atoms with Gasteiger partial charge in [-0.2, -0.15) is 0 Å². The fourth-order valence-electron chi connectivity index (χ4n) is 2.47. The largest absolute Gasteiger partial charge is 0.496 e. The van der Waals surface area contributed by atoms with Crippen LogP contribution in [0.4, 0.5) is 0 Å². The van der Waals surface area contributed by atoms with E-state index in [2.05, 4.69) is 20.9 Å². The van der Waals surface area contributed by atoms with Gasteiger partial charge in [0.25, 0.3) is 0 Å². The van der Waals surface area contributed by atoms with Crippen molar-refractivity contribution in [2.24, 2.45) is 4.99 Å². The van der Waals surface area contributed by atoms with Crippen molar-refractivity contribution in [1.82, 2.24) is 0 Å². The average Bonchev–Trinajstić information content (AvgIpc) is 3.02. The molecular weight excluding hydrogens is 402 g/mol. The predicted molar refractivity (Wildman–Crippen MR) is 101 cm³/mol. The smallest absolute Gasteiger partial charge is 0.363 e. The highest BCUT2D eigenvalue weighted by Crippen LogP contribution is 2.36. The maximum absolute atomic E-state index is 12.2. The first-order valence-electron chi connectivity index (χ1n) is 7.64. The van der Waals surface area contributed by atoms with E-state index < -0.39 is 5.97 Å². The second-order valence-corrected chi connectivity index (χ2v) is 6.21. The van der Waals surface area contributed by atoms with Crippen LogP contribution in [0.2, 0.25) is 0 Å². The molecule has 0 aliphatic carbocycles. The van der Waals surface area contributed by atoms with E-state index in [0.29, 0.717) is 28.4 Å². The molecule has 0 aromatic heterocycles. The summed E-state index contributed by atoms with van der Waals surface area (Å²) in [5.74, 6) is 1.29. The summed E-state index contributed by atoms with van der Waals surface area (Å²) in [6.45, 7) is 0. The molecule has 1 aliphatic rings. The number of methoxy groups -OCH3 is 3. The van der Waals surface area contributed by atoms with E-state index in [9.17, 15) is 4.79 Å². The van der Waals surface area contributed by atoms with Crippen LogP contribution < -0.4 is 14.2 Å². The van der Waals surface area contributed by atoms with Gasteiger partial charge >= 0.3 is 5.97 Å². The number of carbonyl (C=O) groups is 1. The number of rotatable bonds is 5. The molecule has 2 aromatic carbocycles. The number of esters is 1. The summed E-state index contributed by atoms with van der Waals surface area (Å²) in [5, 5.41) is 0. The van der Waals surface area contributed by atoms with Crippen LogP contribution in [0.1, 0.15) is 11.1 Å². The average molecular weight is 418 g/mol. The van der Waals surface area contributed by atoms with Crippen LogP contribution in [-0.4, -0.2) is 33.2 Å². The zero-order chi connectivity index (χ0) is 18.7. The zero-order valence-electron chi connectivity index (χ0n) is 14.4. The van der Waals surface area contributed by atoms with Gasteiger partial charge in [-0.25, -0.2) is 9.79 Å². The van der Waals surface area contributed by atoms with Crippen LogP contribution in [0.3, 0.4) is 0 Å². The first-order chi connectivity index (χ1) is 12.5. The molecule has 0 bridgehead atoms. The van der Waals surface area contributed by atoms with E-state index >= 15 is 0 Å². The predicted octanol–water partition coefficient (Wildman–Crippen LogP) is 3.82. The summed E-state index contributed by atoms with van der Waals surface area (Å²) in [5.41, 5.74) is 1.50. The van der Waals surface area contributed by atoms with E-state index in [1.165, 1.54) is 14.2 Å². The standard InChI is InChI=1S/C19H16BrNO5/c1-23-15-10-17(25-3)16(24-2)9-12(15)8-14-19(22)26-18(21-14)11-5-4-6-13(20)7-11/h4-10H,1-3H3/b14-8-. The molecule has 134 valence electrons. The normalized spacial score (nSPS) is 14.8. The number of nitrogens with zero attached hydrogens (tertiary/aromatic N) is 1. The Hall–Kier alpha value is -2.80. The van der Waals surface area contributed by atoms with Crippen LogP contribution in [0.5, 0.6) is 17.2 Å². The first-order valence-corrected chi connectivity index (χ1v) is 8.43. The van der Waals surface area contributed by atoms with Crippen molar-refractivity contribution in [2.75, 3.05) is 21.3 Å². The van der Waals surface area contributed by atoms with Gasteiger partial charge in [-0.05, 0) is 30.3 Å². The fourth-order valence-corrected chi connectivity index (χ4v) is 2.87. The lowest BCUT2D eigenvalue weighted by Gasteiger charge is -2.12. The summed E-state index contributed by atoms with van der Waals surface area (Å²) in [4.78, 5) is 16.5. The lowest BCUT2D eigenvalue weighted by molar-refractivity contribution is -0.129. The molecule has 0 saturated heterocycles. The van der Waals surface area contributed by atoms with Gasteiger partial charge in [-0.3, -0.25) is 0 Å². The quantitative estimate of drug-likeness (QED) is 0.546. The second-order valence-electron chi connectivity index (χ2n) is 5.30. The highest BCUT2D eigenvalue weighted by molar-refractivity contribution is 9.10. The van der Waals surface area contributed by atoms with Crippen LogP contribution in [0.15, 0.2) is 51.6 Å². The number of halogens is 1. The Morgan fingerprint density at radius 3 is 2.35 bits per heavy atom. The molecule has 0 atom stereocenters.